The van der Waals surface area contributed by atoms with Crippen LogP contribution in [0.3, 0.4) is 0 Å². The van der Waals surface area contributed by atoms with Gasteiger partial charge in [0.25, 0.3) is 5.91 Å². The van der Waals surface area contributed by atoms with Crippen LogP contribution in [0.1, 0.15) is 45.1 Å². The van der Waals surface area contributed by atoms with Gasteiger partial charge in [0.2, 0.25) is 0 Å². The molecule has 1 aromatic carbocycles. The molecule has 0 spiro atoms. The number of rotatable bonds is 7. The monoisotopic (exact) mass is 290 g/mol. The van der Waals surface area contributed by atoms with E-state index in [1.54, 1.807) is 0 Å². The summed E-state index contributed by atoms with van der Waals surface area (Å²) in [6.07, 6.45) is 4.41. The molecule has 0 aromatic heterocycles. The maximum absolute atomic E-state index is 12.5. The van der Waals surface area contributed by atoms with Gasteiger partial charge in [0.05, 0.1) is 5.69 Å². The Morgan fingerprint density at radius 2 is 2.10 bits per heavy atom. The molecule has 0 saturated carbocycles. The van der Waals surface area contributed by atoms with Gasteiger partial charge in [-0.15, -0.1) is 0 Å². The van der Waals surface area contributed by atoms with Gasteiger partial charge in [-0.25, -0.2) is 0 Å². The van der Waals surface area contributed by atoms with Crippen molar-refractivity contribution in [3.8, 4) is 5.75 Å². The molecule has 1 amide bonds. The molecule has 0 fully saturated rings. The molecule has 1 aliphatic heterocycles. The minimum atomic E-state index is -0.341. The van der Waals surface area contributed by atoms with E-state index in [0.29, 0.717) is 6.42 Å². The van der Waals surface area contributed by atoms with Gasteiger partial charge < -0.3 is 15.4 Å². The van der Waals surface area contributed by atoms with Gasteiger partial charge in [0, 0.05) is 6.54 Å². The third-order valence-electron chi connectivity index (χ3n) is 3.86. The van der Waals surface area contributed by atoms with E-state index in [1.807, 2.05) is 17.9 Å². The fraction of sp³-hybridized carbons (Fsp3) is 0.588. The second kappa shape index (κ2) is 7.46. The number of amides is 1. The topological polar surface area (TPSA) is 55.6 Å². The van der Waals surface area contributed by atoms with Gasteiger partial charge in [0.15, 0.2) is 6.10 Å². The van der Waals surface area contributed by atoms with Crippen LogP contribution in [0, 0.1) is 0 Å². The van der Waals surface area contributed by atoms with Crippen molar-refractivity contribution < 1.29 is 9.53 Å². The molecule has 0 aliphatic carbocycles. The van der Waals surface area contributed by atoms with E-state index >= 15 is 0 Å². The zero-order valence-corrected chi connectivity index (χ0v) is 13.1. The van der Waals surface area contributed by atoms with Crippen LogP contribution in [-0.4, -0.2) is 25.1 Å². The molecule has 4 heteroatoms. The number of ether oxygens (including phenoxy) is 1. The Morgan fingerprint density at radius 1 is 1.29 bits per heavy atom. The smallest absolute Gasteiger partial charge is 0.268 e. The average Bonchev–Trinajstić information content (AvgIpc) is 2.50. The van der Waals surface area contributed by atoms with Crippen LogP contribution in [0.4, 0.5) is 5.69 Å². The molecule has 1 aliphatic rings. The Labute approximate surface area is 127 Å². The Kier molecular flexibility index (Phi) is 5.62. The highest BCUT2D eigenvalue weighted by Gasteiger charge is 2.32. The molecule has 2 N–H and O–H groups in total. The quantitative estimate of drug-likeness (QED) is 0.786. The zero-order chi connectivity index (χ0) is 15.2. The van der Waals surface area contributed by atoms with Gasteiger partial charge in [-0.2, -0.15) is 0 Å². The van der Waals surface area contributed by atoms with E-state index in [2.05, 4.69) is 19.1 Å². The Balaban J connectivity index is 2.24. The number of hydrogen-bond donors (Lipinski definition) is 1. The molecule has 2 rings (SSSR count). The molecule has 1 unspecified atom stereocenters. The van der Waals surface area contributed by atoms with Gasteiger partial charge >= 0.3 is 0 Å². The Morgan fingerprint density at radius 3 is 2.76 bits per heavy atom. The predicted molar refractivity (Wildman–Crippen MR) is 85.8 cm³/mol. The third-order valence-corrected chi connectivity index (χ3v) is 3.86. The summed E-state index contributed by atoms with van der Waals surface area (Å²) in [5.74, 6) is 0.920. The summed E-state index contributed by atoms with van der Waals surface area (Å²) >= 11 is 0. The first-order chi connectivity index (χ1) is 10.2. The first kappa shape index (κ1) is 15.8. The summed E-state index contributed by atoms with van der Waals surface area (Å²) < 4.78 is 5.84. The largest absolute Gasteiger partial charge is 0.478 e. The van der Waals surface area contributed by atoms with E-state index in [-0.39, 0.29) is 12.0 Å². The number of anilines is 1. The third kappa shape index (κ3) is 3.56. The number of carbonyl (C=O) groups excluding carboxylic acids is 1. The minimum absolute atomic E-state index is 0.0889. The highest BCUT2D eigenvalue weighted by Crippen LogP contribution is 2.36. The molecule has 0 radical (unpaired) electrons. The number of carbonyl (C=O) groups is 1. The predicted octanol–water partition coefficient (Wildman–Crippen LogP) is 2.88. The van der Waals surface area contributed by atoms with Crippen LogP contribution in [0.5, 0.6) is 5.75 Å². The number of nitrogens with two attached hydrogens (primary N) is 1. The van der Waals surface area contributed by atoms with E-state index in [0.717, 1.165) is 50.2 Å². The number of benzene rings is 1. The first-order valence-electron chi connectivity index (χ1n) is 8.02. The van der Waals surface area contributed by atoms with Crippen LogP contribution in [0.2, 0.25) is 0 Å². The van der Waals surface area contributed by atoms with Gasteiger partial charge in [-0.05, 0) is 56.3 Å². The average molecular weight is 290 g/mol. The second-order valence-corrected chi connectivity index (χ2v) is 5.55. The van der Waals surface area contributed by atoms with E-state index in [4.69, 9.17) is 10.5 Å². The van der Waals surface area contributed by atoms with Crippen molar-refractivity contribution in [2.45, 2.75) is 52.1 Å². The number of hydrogen-bond acceptors (Lipinski definition) is 3. The van der Waals surface area contributed by atoms with Gasteiger partial charge in [-0.1, -0.05) is 19.9 Å². The molecular weight excluding hydrogens is 264 g/mol. The van der Waals surface area contributed by atoms with Crippen LogP contribution in [-0.2, 0) is 11.2 Å². The van der Waals surface area contributed by atoms with Crippen LogP contribution < -0.4 is 15.4 Å². The molecule has 21 heavy (non-hydrogen) atoms. The highest BCUT2D eigenvalue weighted by molar-refractivity contribution is 6.00. The Hall–Kier alpha value is -1.55. The molecule has 116 valence electrons. The lowest BCUT2D eigenvalue weighted by Gasteiger charge is -2.34. The summed E-state index contributed by atoms with van der Waals surface area (Å²) in [6, 6.07) is 6.21. The zero-order valence-electron chi connectivity index (χ0n) is 13.1. The minimum Gasteiger partial charge on any atom is -0.478 e. The van der Waals surface area contributed by atoms with Crippen molar-refractivity contribution in [3.63, 3.8) is 0 Å². The standard InChI is InChI=1S/C17H26N2O2/c1-3-11-19-14-12-13(7-5-6-10-18)8-9-16(14)21-15(4-2)17(19)20/h8-9,12,15H,3-7,10-11,18H2,1-2H3. The first-order valence-corrected chi connectivity index (χ1v) is 8.02. The van der Waals surface area contributed by atoms with Crippen molar-refractivity contribution >= 4 is 11.6 Å². The molecule has 1 atom stereocenters. The lowest BCUT2D eigenvalue weighted by atomic mass is 10.0. The molecule has 1 heterocycles. The second-order valence-electron chi connectivity index (χ2n) is 5.55. The van der Waals surface area contributed by atoms with Crippen molar-refractivity contribution in [1.82, 2.24) is 0 Å². The van der Waals surface area contributed by atoms with E-state index < -0.39 is 0 Å². The van der Waals surface area contributed by atoms with Crippen molar-refractivity contribution in [1.29, 1.82) is 0 Å². The lowest BCUT2D eigenvalue weighted by molar-refractivity contribution is -0.126. The van der Waals surface area contributed by atoms with E-state index in [1.165, 1.54) is 5.56 Å². The summed E-state index contributed by atoms with van der Waals surface area (Å²) in [4.78, 5) is 14.4. The van der Waals surface area contributed by atoms with Gasteiger partial charge in [-0.3, -0.25) is 4.79 Å². The number of aryl methyl sites for hydroxylation is 1. The lowest BCUT2D eigenvalue weighted by Crippen LogP contribution is -2.46. The van der Waals surface area contributed by atoms with Crippen molar-refractivity contribution in [3.05, 3.63) is 23.8 Å². The SMILES string of the molecule is CCCN1C(=O)C(CC)Oc2ccc(CCCCN)cc21. The molecular formula is C17H26N2O2. The maximum atomic E-state index is 12.5. The normalized spacial score (nSPS) is 17.6. The number of unbranched alkanes of at least 4 members (excludes halogenated alkanes) is 1. The van der Waals surface area contributed by atoms with Crippen molar-refractivity contribution in [2.24, 2.45) is 5.73 Å². The summed E-state index contributed by atoms with van der Waals surface area (Å²) in [6.45, 7) is 5.55. The molecule has 0 saturated heterocycles. The van der Waals surface area contributed by atoms with Crippen LogP contribution in [0.25, 0.3) is 0 Å². The number of fused-ring (bicyclic) bond motifs is 1. The summed E-state index contributed by atoms with van der Waals surface area (Å²) in [5, 5.41) is 0. The summed E-state index contributed by atoms with van der Waals surface area (Å²) in [5.41, 5.74) is 7.71. The van der Waals surface area contributed by atoms with E-state index in [9.17, 15) is 4.79 Å². The fourth-order valence-electron chi connectivity index (χ4n) is 2.71. The van der Waals surface area contributed by atoms with Gasteiger partial charge in [0.1, 0.15) is 5.75 Å². The maximum Gasteiger partial charge on any atom is 0.268 e. The fourth-order valence-corrected chi connectivity index (χ4v) is 2.71. The molecule has 1 aromatic rings. The Bertz CT molecular complexity index is 488. The van der Waals surface area contributed by atoms with Crippen LogP contribution >= 0.6 is 0 Å². The van der Waals surface area contributed by atoms with Crippen molar-refractivity contribution in [2.75, 3.05) is 18.0 Å². The molecule has 0 bridgehead atoms. The van der Waals surface area contributed by atoms with Crippen LogP contribution in [0.15, 0.2) is 18.2 Å². The highest BCUT2D eigenvalue weighted by atomic mass is 16.5. The number of nitrogens with zero attached hydrogens (tertiary/aromatic N) is 1. The summed E-state index contributed by atoms with van der Waals surface area (Å²) in [7, 11) is 0. The molecule has 4 nitrogen and oxygen atoms in total.